The highest BCUT2D eigenvalue weighted by Gasteiger charge is 2.38. The fourth-order valence-corrected chi connectivity index (χ4v) is 8.87. The Bertz CT molecular complexity index is 2070. The number of nitrogens with zero attached hydrogens (tertiary/aromatic N) is 3. The summed E-state index contributed by atoms with van der Waals surface area (Å²) in [6, 6.07) is 28.5. The number of ketones is 1. The number of nitrogens with two attached hydrogens (primary N) is 1. The zero-order valence-electron chi connectivity index (χ0n) is 40.6. The summed E-state index contributed by atoms with van der Waals surface area (Å²) in [6.45, 7) is 31.4. The van der Waals surface area contributed by atoms with Gasteiger partial charge in [0.05, 0.1) is 5.92 Å². The highest BCUT2D eigenvalue weighted by Crippen LogP contribution is 2.46. The highest BCUT2D eigenvalue weighted by atomic mass is 16.5. The van der Waals surface area contributed by atoms with Gasteiger partial charge in [-0.2, -0.15) is 4.99 Å². The number of ether oxygens (including phenoxy) is 1. The molecule has 1 heterocycles. The summed E-state index contributed by atoms with van der Waals surface area (Å²) < 4.78 is 6.22. The quantitative estimate of drug-likeness (QED) is 0.0871. The molecule has 0 bridgehead atoms. The van der Waals surface area contributed by atoms with Crippen molar-refractivity contribution in [2.75, 3.05) is 32.8 Å². The van der Waals surface area contributed by atoms with Crippen LogP contribution in [0, 0.1) is 5.41 Å². The summed E-state index contributed by atoms with van der Waals surface area (Å²) in [5, 5.41) is 32.9. The molecule has 5 N–H and O–H groups in total. The molecule has 1 atom stereocenters. The lowest BCUT2D eigenvalue weighted by Crippen LogP contribution is -2.55. The number of rotatable bonds is 11. The van der Waals surface area contributed by atoms with Gasteiger partial charge in [-0.15, -0.1) is 0 Å². The van der Waals surface area contributed by atoms with E-state index in [1.807, 2.05) is 72.5 Å². The Kier molecular flexibility index (Phi) is 14.5. The molecular formula is C54H75N5O4. The van der Waals surface area contributed by atoms with E-state index in [1.54, 1.807) is 0 Å². The number of phenols is 2. The average molecular weight is 858 g/mol. The van der Waals surface area contributed by atoms with Gasteiger partial charge in [0.15, 0.2) is 12.0 Å². The number of benzene rings is 4. The van der Waals surface area contributed by atoms with Crippen molar-refractivity contribution in [2.24, 2.45) is 10.7 Å². The third-order valence-electron chi connectivity index (χ3n) is 12.6. The second-order valence-electron chi connectivity index (χ2n) is 21.8. The van der Waals surface area contributed by atoms with Gasteiger partial charge < -0.3 is 25.6 Å². The molecule has 63 heavy (non-hydrogen) atoms. The van der Waals surface area contributed by atoms with Crippen LogP contribution in [0.5, 0.6) is 11.5 Å². The fourth-order valence-electron chi connectivity index (χ4n) is 8.87. The lowest BCUT2D eigenvalue weighted by atomic mass is 9.72. The Morgan fingerprint density at radius 1 is 0.667 bits per heavy atom. The minimum Gasteiger partial charge on any atom is -0.507 e. The van der Waals surface area contributed by atoms with E-state index < -0.39 is 39.2 Å². The smallest absolute Gasteiger partial charge is 0.219 e. The predicted molar refractivity (Wildman–Crippen MR) is 260 cm³/mol. The molecule has 0 amide bonds. The maximum atomic E-state index is 14.4. The van der Waals surface area contributed by atoms with E-state index in [4.69, 9.17) is 15.5 Å². The van der Waals surface area contributed by atoms with Gasteiger partial charge in [-0.1, -0.05) is 175 Å². The predicted octanol–water partition coefficient (Wildman–Crippen LogP) is 10.7. The van der Waals surface area contributed by atoms with E-state index in [1.165, 1.54) is 0 Å². The third kappa shape index (κ3) is 11.0. The van der Waals surface area contributed by atoms with Gasteiger partial charge in [0.25, 0.3) is 0 Å². The van der Waals surface area contributed by atoms with Crippen molar-refractivity contribution in [3.63, 3.8) is 0 Å². The lowest BCUT2D eigenvalue weighted by molar-refractivity contribution is -0.146. The molecule has 0 saturated carbocycles. The van der Waals surface area contributed by atoms with E-state index in [-0.39, 0.29) is 35.5 Å². The van der Waals surface area contributed by atoms with E-state index in [9.17, 15) is 20.4 Å². The van der Waals surface area contributed by atoms with Crippen LogP contribution < -0.4 is 5.73 Å². The average Bonchev–Trinajstić information content (AvgIpc) is 3.19. The number of hydrogen-bond donors (Lipinski definition) is 4. The van der Waals surface area contributed by atoms with Gasteiger partial charge in [0.2, 0.25) is 5.96 Å². The van der Waals surface area contributed by atoms with E-state index >= 15 is 0 Å². The third-order valence-corrected chi connectivity index (χ3v) is 12.6. The Morgan fingerprint density at radius 3 is 1.37 bits per heavy atom. The first-order valence-corrected chi connectivity index (χ1v) is 22.6. The standard InChI is InChI=1S/C54H75N5O4/c1-15-63-48(43(60)34-54(14,37-22-18-16-19-23-37)38-24-20-17-21-25-38)58-26-28-59(29-27-58)49(56)57-47(55)44(35-30-39(50(2,3)4)45(61)40(31-35)51(5,6)7)36-32-41(52(8,9)10)46(62)42(33-36)53(11,12)13/h16-25,30-33,44,48,61-62H,15,26-29,34H2,1-14H3,(H3,55,56,57). The Morgan fingerprint density at radius 2 is 1.03 bits per heavy atom. The van der Waals surface area contributed by atoms with Crippen LogP contribution in [0.1, 0.15) is 154 Å². The van der Waals surface area contributed by atoms with Gasteiger partial charge in [0.1, 0.15) is 17.3 Å². The number of amidine groups is 1. The molecule has 4 aromatic rings. The molecule has 9 nitrogen and oxygen atoms in total. The van der Waals surface area contributed by atoms with Crippen LogP contribution in [0.25, 0.3) is 0 Å². The van der Waals surface area contributed by atoms with Crippen molar-refractivity contribution >= 4 is 17.6 Å². The SMILES string of the molecule is CCOC(C(=O)CC(C)(c1ccccc1)c1ccccc1)N1CCN(C(=N)N=C(N)C(c2cc(C(C)(C)C)c(O)c(C(C)(C)C)c2)c2cc(C(C)(C)C)c(O)c(C(C)(C)C)c2)CC1. The highest BCUT2D eigenvalue weighted by molar-refractivity contribution is 5.99. The summed E-state index contributed by atoms with van der Waals surface area (Å²) >= 11 is 0. The Labute approximate surface area is 378 Å². The molecule has 1 unspecified atom stereocenters. The van der Waals surface area contributed by atoms with Crippen LogP contribution in [0.3, 0.4) is 0 Å². The molecule has 1 fully saturated rings. The molecule has 0 aliphatic carbocycles. The summed E-state index contributed by atoms with van der Waals surface area (Å²) in [7, 11) is 0. The number of aromatic hydroxyl groups is 2. The Balaban J connectivity index is 1.51. The number of piperazine rings is 1. The van der Waals surface area contributed by atoms with Gasteiger partial charge >= 0.3 is 0 Å². The zero-order valence-corrected chi connectivity index (χ0v) is 40.6. The molecule has 1 saturated heterocycles. The fraction of sp³-hybridized carbons (Fsp3) is 0.500. The monoisotopic (exact) mass is 858 g/mol. The summed E-state index contributed by atoms with van der Waals surface area (Å²) in [5.41, 5.74) is 12.1. The first-order valence-electron chi connectivity index (χ1n) is 22.6. The second kappa shape index (κ2) is 18.6. The lowest BCUT2D eigenvalue weighted by Gasteiger charge is -2.40. The molecule has 5 rings (SSSR count). The number of nitrogens with one attached hydrogen (secondary N) is 1. The van der Waals surface area contributed by atoms with Crippen LogP contribution in [-0.4, -0.2) is 76.6 Å². The number of carbonyl (C=O) groups is 1. The largest absolute Gasteiger partial charge is 0.507 e. The van der Waals surface area contributed by atoms with Crippen molar-refractivity contribution < 1.29 is 19.7 Å². The number of hydrogen-bond acceptors (Lipinski definition) is 6. The normalized spacial score (nSPS) is 15.5. The van der Waals surface area contributed by atoms with Crippen molar-refractivity contribution in [3.8, 4) is 11.5 Å². The molecule has 0 radical (unpaired) electrons. The van der Waals surface area contributed by atoms with Crippen molar-refractivity contribution in [3.05, 3.63) is 129 Å². The van der Waals surface area contributed by atoms with E-state index in [2.05, 4.69) is 119 Å². The maximum absolute atomic E-state index is 14.4. The molecule has 9 heteroatoms. The van der Waals surface area contributed by atoms with Crippen LogP contribution in [0.15, 0.2) is 89.9 Å². The molecule has 1 aliphatic rings. The maximum Gasteiger partial charge on any atom is 0.219 e. The first-order chi connectivity index (χ1) is 29.2. The van der Waals surface area contributed by atoms with Crippen LogP contribution in [0.4, 0.5) is 0 Å². The number of phenolic OH excluding ortho intramolecular Hbond substituents is 2. The Hall–Kier alpha value is -4.99. The van der Waals surface area contributed by atoms with Crippen molar-refractivity contribution in [2.45, 2.75) is 143 Å². The van der Waals surface area contributed by atoms with Crippen molar-refractivity contribution in [1.29, 1.82) is 5.41 Å². The van der Waals surface area contributed by atoms with Crippen molar-refractivity contribution in [1.82, 2.24) is 9.80 Å². The number of carbonyl (C=O) groups excluding carboxylic acids is 1. The molecule has 0 spiro atoms. The number of aliphatic imine (C=N–C) groups is 1. The minimum absolute atomic E-state index is 0.0111. The molecule has 0 aromatic heterocycles. The number of Topliss-reactive ketones (excluding diaryl/α,β-unsaturated/α-hetero) is 1. The van der Waals surface area contributed by atoms with Gasteiger partial charge in [-0.3, -0.25) is 15.1 Å². The summed E-state index contributed by atoms with van der Waals surface area (Å²) in [6.07, 6.45) is -0.469. The van der Waals surface area contributed by atoms with Crippen LogP contribution in [-0.2, 0) is 36.6 Å². The molecule has 1 aliphatic heterocycles. The topological polar surface area (TPSA) is 135 Å². The minimum atomic E-state index is -0.733. The van der Waals surface area contributed by atoms with Gasteiger partial charge in [-0.25, -0.2) is 0 Å². The molecule has 340 valence electrons. The second-order valence-corrected chi connectivity index (χ2v) is 21.8. The van der Waals surface area contributed by atoms with Crippen LogP contribution in [0.2, 0.25) is 0 Å². The van der Waals surface area contributed by atoms with E-state index in [0.717, 1.165) is 44.5 Å². The first kappa shape index (κ1) is 49.0. The van der Waals surface area contributed by atoms with Gasteiger partial charge in [0, 0.05) is 44.6 Å². The van der Waals surface area contributed by atoms with Gasteiger partial charge in [-0.05, 0) is 73.1 Å². The molecule has 4 aromatic carbocycles. The summed E-state index contributed by atoms with van der Waals surface area (Å²) in [5.74, 6) is 0.209. The zero-order chi connectivity index (χ0) is 46.9. The summed E-state index contributed by atoms with van der Waals surface area (Å²) in [4.78, 5) is 23.3. The van der Waals surface area contributed by atoms with E-state index in [0.29, 0.717) is 32.8 Å². The number of guanidine groups is 1. The molecular weight excluding hydrogens is 783 g/mol. The van der Waals surface area contributed by atoms with Crippen LogP contribution >= 0.6 is 0 Å².